The van der Waals surface area contributed by atoms with Gasteiger partial charge in [-0.3, -0.25) is 0 Å². The largest absolute Gasteiger partial charge is 0.376 e. The van der Waals surface area contributed by atoms with Gasteiger partial charge < -0.3 is 15.0 Å². The van der Waals surface area contributed by atoms with Gasteiger partial charge in [-0.25, -0.2) is 0 Å². The van der Waals surface area contributed by atoms with Crippen LogP contribution in [0.1, 0.15) is 25.7 Å². The number of nitrogens with zero attached hydrogens (tertiary/aromatic N) is 1. The van der Waals surface area contributed by atoms with Crippen LogP contribution in [0.3, 0.4) is 0 Å². The van der Waals surface area contributed by atoms with Crippen LogP contribution in [0.5, 0.6) is 0 Å². The summed E-state index contributed by atoms with van der Waals surface area (Å²) in [7, 11) is 0. The molecule has 82 valence electrons. The predicted molar refractivity (Wildman–Crippen MR) is 57.5 cm³/mol. The van der Waals surface area contributed by atoms with E-state index in [1.807, 2.05) is 0 Å². The number of rotatable bonds is 2. The van der Waals surface area contributed by atoms with Gasteiger partial charge in [-0.05, 0) is 38.9 Å². The van der Waals surface area contributed by atoms with Crippen LogP contribution < -0.4 is 5.32 Å². The maximum atomic E-state index is 5.80. The molecule has 0 saturated carbocycles. The molecule has 2 aliphatic rings. The highest BCUT2D eigenvalue weighted by Gasteiger charge is 2.17. The molecule has 0 aromatic heterocycles. The maximum Gasteiger partial charge on any atom is 0.0826 e. The van der Waals surface area contributed by atoms with Crippen LogP contribution in [-0.4, -0.2) is 50.3 Å². The van der Waals surface area contributed by atoms with Crippen molar-refractivity contribution in [2.45, 2.75) is 31.8 Å². The first-order chi connectivity index (χ1) is 6.95. The second-order valence-electron chi connectivity index (χ2n) is 4.41. The Labute approximate surface area is 86.8 Å². The van der Waals surface area contributed by atoms with E-state index in [0.29, 0.717) is 6.10 Å². The minimum absolute atomic E-state index is 0.426. The summed E-state index contributed by atoms with van der Waals surface area (Å²) in [6, 6.07) is 0. The zero-order valence-corrected chi connectivity index (χ0v) is 9.00. The Hall–Kier alpha value is -0.120. The average Bonchev–Trinajstić information content (AvgIpc) is 2.48. The number of piperidine rings is 1. The molecule has 2 saturated heterocycles. The second kappa shape index (κ2) is 5.69. The molecule has 2 fully saturated rings. The van der Waals surface area contributed by atoms with E-state index in [0.717, 1.165) is 32.7 Å². The fourth-order valence-corrected chi connectivity index (χ4v) is 2.32. The Morgan fingerprint density at radius 3 is 2.86 bits per heavy atom. The van der Waals surface area contributed by atoms with Gasteiger partial charge >= 0.3 is 0 Å². The SMILES string of the molecule is C1CCN(C[C@@H]2CNCCCO2)CC1. The molecule has 0 aliphatic carbocycles. The van der Waals surface area contributed by atoms with Gasteiger partial charge in [0, 0.05) is 19.7 Å². The number of hydrogen-bond acceptors (Lipinski definition) is 3. The zero-order chi connectivity index (χ0) is 9.64. The van der Waals surface area contributed by atoms with Crippen LogP contribution in [0, 0.1) is 0 Å². The summed E-state index contributed by atoms with van der Waals surface area (Å²) in [5, 5.41) is 3.44. The van der Waals surface area contributed by atoms with Gasteiger partial charge in [0.15, 0.2) is 0 Å². The second-order valence-corrected chi connectivity index (χ2v) is 4.41. The minimum atomic E-state index is 0.426. The molecule has 0 unspecified atom stereocenters. The summed E-state index contributed by atoms with van der Waals surface area (Å²) in [6.45, 7) is 6.78. The Bertz CT molecular complexity index is 149. The first kappa shape index (κ1) is 10.4. The van der Waals surface area contributed by atoms with Crippen molar-refractivity contribution < 1.29 is 4.74 Å². The highest BCUT2D eigenvalue weighted by atomic mass is 16.5. The lowest BCUT2D eigenvalue weighted by Gasteiger charge is -2.29. The van der Waals surface area contributed by atoms with Crippen LogP contribution in [-0.2, 0) is 4.74 Å². The summed E-state index contributed by atoms with van der Waals surface area (Å²) in [6.07, 6.45) is 5.76. The Balaban J connectivity index is 1.71. The molecule has 0 bridgehead atoms. The van der Waals surface area contributed by atoms with Crippen molar-refractivity contribution in [3.63, 3.8) is 0 Å². The molecule has 2 rings (SSSR count). The van der Waals surface area contributed by atoms with Crippen LogP contribution in [0.4, 0.5) is 0 Å². The molecule has 14 heavy (non-hydrogen) atoms. The Kier molecular flexibility index (Phi) is 4.22. The number of ether oxygens (including phenoxy) is 1. The van der Waals surface area contributed by atoms with Crippen molar-refractivity contribution in [3.8, 4) is 0 Å². The quantitative estimate of drug-likeness (QED) is 0.712. The summed E-state index contributed by atoms with van der Waals surface area (Å²) in [5.74, 6) is 0. The smallest absolute Gasteiger partial charge is 0.0826 e. The van der Waals surface area contributed by atoms with Crippen molar-refractivity contribution in [1.29, 1.82) is 0 Å². The Morgan fingerprint density at radius 2 is 2.00 bits per heavy atom. The molecule has 0 amide bonds. The van der Waals surface area contributed by atoms with Crippen molar-refractivity contribution in [3.05, 3.63) is 0 Å². The summed E-state index contributed by atoms with van der Waals surface area (Å²) >= 11 is 0. The van der Waals surface area contributed by atoms with Gasteiger partial charge in [0.1, 0.15) is 0 Å². The lowest BCUT2D eigenvalue weighted by molar-refractivity contribution is 0.0334. The third kappa shape index (κ3) is 3.23. The van der Waals surface area contributed by atoms with Crippen molar-refractivity contribution in [1.82, 2.24) is 10.2 Å². The number of nitrogens with one attached hydrogen (secondary N) is 1. The molecule has 1 atom stereocenters. The van der Waals surface area contributed by atoms with E-state index in [-0.39, 0.29) is 0 Å². The highest BCUT2D eigenvalue weighted by molar-refractivity contribution is 4.73. The molecule has 0 aromatic carbocycles. The zero-order valence-electron chi connectivity index (χ0n) is 9.00. The molecular weight excluding hydrogens is 176 g/mol. The highest BCUT2D eigenvalue weighted by Crippen LogP contribution is 2.10. The van der Waals surface area contributed by atoms with Gasteiger partial charge in [0.25, 0.3) is 0 Å². The van der Waals surface area contributed by atoms with E-state index in [4.69, 9.17) is 4.74 Å². The Morgan fingerprint density at radius 1 is 1.14 bits per heavy atom. The molecule has 0 aromatic rings. The predicted octanol–water partition coefficient (Wildman–Crippen LogP) is 0.851. The van der Waals surface area contributed by atoms with E-state index in [2.05, 4.69) is 10.2 Å². The lowest BCUT2D eigenvalue weighted by Crippen LogP contribution is -2.41. The monoisotopic (exact) mass is 198 g/mol. The molecule has 3 heteroatoms. The summed E-state index contributed by atoms with van der Waals surface area (Å²) in [5.41, 5.74) is 0. The van der Waals surface area contributed by atoms with Crippen molar-refractivity contribution >= 4 is 0 Å². The number of hydrogen-bond donors (Lipinski definition) is 1. The van der Waals surface area contributed by atoms with Crippen LogP contribution >= 0.6 is 0 Å². The van der Waals surface area contributed by atoms with Gasteiger partial charge in [-0.2, -0.15) is 0 Å². The standard InChI is InChI=1S/C11H22N2O/c1-2-6-13(7-3-1)10-11-9-12-5-4-8-14-11/h11-12H,1-10H2/t11-/m0/s1. The van der Waals surface area contributed by atoms with Crippen LogP contribution in [0.2, 0.25) is 0 Å². The molecule has 2 heterocycles. The van der Waals surface area contributed by atoms with Gasteiger partial charge in [-0.1, -0.05) is 6.42 Å². The normalized spacial score (nSPS) is 31.3. The minimum Gasteiger partial charge on any atom is -0.376 e. The van der Waals surface area contributed by atoms with Crippen molar-refractivity contribution in [2.75, 3.05) is 39.3 Å². The third-order valence-corrected chi connectivity index (χ3v) is 3.13. The molecule has 3 nitrogen and oxygen atoms in total. The van der Waals surface area contributed by atoms with Crippen LogP contribution in [0.25, 0.3) is 0 Å². The molecular formula is C11H22N2O. The van der Waals surface area contributed by atoms with E-state index in [1.54, 1.807) is 0 Å². The topological polar surface area (TPSA) is 24.5 Å². The summed E-state index contributed by atoms with van der Waals surface area (Å²) in [4.78, 5) is 2.56. The molecule has 0 radical (unpaired) electrons. The van der Waals surface area contributed by atoms with E-state index < -0.39 is 0 Å². The van der Waals surface area contributed by atoms with Gasteiger partial charge in [0.2, 0.25) is 0 Å². The van der Waals surface area contributed by atoms with E-state index in [9.17, 15) is 0 Å². The fraction of sp³-hybridized carbons (Fsp3) is 1.00. The van der Waals surface area contributed by atoms with E-state index >= 15 is 0 Å². The van der Waals surface area contributed by atoms with E-state index in [1.165, 1.54) is 32.4 Å². The number of likely N-dealkylation sites (tertiary alicyclic amines) is 1. The fourth-order valence-electron chi connectivity index (χ4n) is 2.32. The van der Waals surface area contributed by atoms with Crippen LogP contribution in [0.15, 0.2) is 0 Å². The van der Waals surface area contributed by atoms with Crippen molar-refractivity contribution in [2.24, 2.45) is 0 Å². The third-order valence-electron chi connectivity index (χ3n) is 3.13. The van der Waals surface area contributed by atoms with Gasteiger partial charge in [0.05, 0.1) is 6.10 Å². The molecule has 2 aliphatic heterocycles. The summed E-state index contributed by atoms with van der Waals surface area (Å²) < 4.78 is 5.80. The lowest BCUT2D eigenvalue weighted by atomic mass is 10.1. The maximum absolute atomic E-state index is 5.80. The first-order valence-electron chi connectivity index (χ1n) is 6.00. The van der Waals surface area contributed by atoms with Gasteiger partial charge in [-0.15, -0.1) is 0 Å². The molecule has 1 N–H and O–H groups in total. The average molecular weight is 198 g/mol. The molecule has 0 spiro atoms. The first-order valence-corrected chi connectivity index (χ1v) is 6.00.